The number of benzene rings is 1. The highest BCUT2D eigenvalue weighted by Gasteiger charge is 2.39. The minimum absolute atomic E-state index is 0.128. The molecule has 1 aromatic rings. The van der Waals surface area contributed by atoms with Gasteiger partial charge in [-0.05, 0) is 50.1 Å². The third kappa shape index (κ3) is 3.79. The third-order valence-electron chi connectivity index (χ3n) is 5.36. The first kappa shape index (κ1) is 17.7. The van der Waals surface area contributed by atoms with Gasteiger partial charge in [-0.25, -0.2) is 0 Å². The second-order valence-corrected chi connectivity index (χ2v) is 7.21. The quantitative estimate of drug-likeness (QED) is 0.849. The number of nitrogens with zero attached hydrogens (tertiary/aromatic N) is 3. The molecule has 6 heteroatoms. The van der Waals surface area contributed by atoms with Crippen molar-refractivity contribution in [3.05, 3.63) is 24.3 Å². The Bertz CT molecular complexity index is 629. The van der Waals surface area contributed by atoms with Gasteiger partial charge in [0, 0.05) is 50.6 Å². The standard InChI is InChI=1S/C19H28N4O2/c1-4-15-12-22-11-5-6-17(22)13-23(15)19(25)18(24)20-14-7-9-16(10-8-14)21(2)3/h7-10,15,17H,4-6,11-13H2,1-3H3,(H,20,24)/t15-,17-/m1/s1. The van der Waals surface area contributed by atoms with Gasteiger partial charge in [0.05, 0.1) is 0 Å². The summed E-state index contributed by atoms with van der Waals surface area (Å²) in [6.45, 7) is 4.76. The lowest BCUT2D eigenvalue weighted by Gasteiger charge is -2.43. The zero-order valence-corrected chi connectivity index (χ0v) is 15.4. The van der Waals surface area contributed by atoms with Crippen LogP contribution >= 0.6 is 0 Å². The van der Waals surface area contributed by atoms with Crippen LogP contribution < -0.4 is 10.2 Å². The molecule has 25 heavy (non-hydrogen) atoms. The van der Waals surface area contributed by atoms with Crippen LogP contribution in [0.5, 0.6) is 0 Å². The predicted octanol–water partition coefficient (Wildman–Crippen LogP) is 1.78. The summed E-state index contributed by atoms with van der Waals surface area (Å²) in [6, 6.07) is 8.04. The lowest BCUT2D eigenvalue weighted by atomic mass is 10.0. The smallest absolute Gasteiger partial charge is 0.313 e. The molecule has 0 bridgehead atoms. The van der Waals surface area contributed by atoms with Crippen LogP contribution in [0.15, 0.2) is 24.3 Å². The van der Waals surface area contributed by atoms with Crippen LogP contribution in [0.4, 0.5) is 11.4 Å². The van der Waals surface area contributed by atoms with Gasteiger partial charge in [-0.3, -0.25) is 14.5 Å². The number of hydrogen-bond acceptors (Lipinski definition) is 4. The van der Waals surface area contributed by atoms with E-state index in [1.165, 1.54) is 6.42 Å². The van der Waals surface area contributed by atoms with Gasteiger partial charge < -0.3 is 15.1 Å². The summed E-state index contributed by atoms with van der Waals surface area (Å²) in [4.78, 5) is 31.4. The molecule has 2 aliphatic rings. The van der Waals surface area contributed by atoms with E-state index in [1.54, 1.807) is 4.90 Å². The monoisotopic (exact) mass is 344 g/mol. The first-order chi connectivity index (χ1) is 12.0. The zero-order chi connectivity index (χ0) is 18.0. The molecule has 2 amide bonds. The predicted molar refractivity (Wildman–Crippen MR) is 99.8 cm³/mol. The fourth-order valence-electron chi connectivity index (χ4n) is 3.84. The Morgan fingerprint density at radius 2 is 1.92 bits per heavy atom. The van der Waals surface area contributed by atoms with Crippen molar-refractivity contribution in [1.29, 1.82) is 0 Å². The SMILES string of the molecule is CC[C@@H]1CN2CCC[C@@H]2CN1C(=O)C(=O)Nc1ccc(N(C)C)cc1. The number of anilines is 2. The van der Waals surface area contributed by atoms with E-state index in [1.807, 2.05) is 43.3 Å². The molecule has 2 atom stereocenters. The van der Waals surface area contributed by atoms with Crippen molar-refractivity contribution < 1.29 is 9.59 Å². The maximum Gasteiger partial charge on any atom is 0.313 e. The number of hydrogen-bond donors (Lipinski definition) is 1. The van der Waals surface area contributed by atoms with Gasteiger partial charge in [0.25, 0.3) is 0 Å². The first-order valence-electron chi connectivity index (χ1n) is 9.13. The van der Waals surface area contributed by atoms with Gasteiger partial charge >= 0.3 is 11.8 Å². The van der Waals surface area contributed by atoms with Gasteiger partial charge in [0.15, 0.2) is 0 Å². The molecule has 0 aromatic heterocycles. The molecular formula is C19H28N4O2. The number of amides is 2. The molecule has 2 fully saturated rings. The van der Waals surface area contributed by atoms with E-state index in [2.05, 4.69) is 17.1 Å². The van der Waals surface area contributed by atoms with Crippen molar-refractivity contribution in [2.24, 2.45) is 0 Å². The van der Waals surface area contributed by atoms with Crippen molar-refractivity contribution in [2.75, 3.05) is 43.9 Å². The Morgan fingerprint density at radius 1 is 1.20 bits per heavy atom. The van der Waals surface area contributed by atoms with Crippen molar-refractivity contribution in [3.63, 3.8) is 0 Å². The number of nitrogens with one attached hydrogen (secondary N) is 1. The van der Waals surface area contributed by atoms with Gasteiger partial charge in [-0.2, -0.15) is 0 Å². The van der Waals surface area contributed by atoms with E-state index in [0.29, 0.717) is 18.3 Å². The summed E-state index contributed by atoms with van der Waals surface area (Å²) in [5.41, 5.74) is 1.70. The van der Waals surface area contributed by atoms with Crippen LogP contribution in [0.25, 0.3) is 0 Å². The molecule has 0 unspecified atom stereocenters. The molecule has 136 valence electrons. The third-order valence-corrected chi connectivity index (χ3v) is 5.36. The van der Waals surface area contributed by atoms with Gasteiger partial charge in [0.1, 0.15) is 0 Å². The molecule has 1 N–H and O–H groups in total. The number of carbonyl (C=O) groups is 2. The van der Waals surface area contributed by atoms with Crippen LogP contribution in [-0.4, -0.2) is 67.4 Å². The summed E-state index contributed by atoms with van der Waals surface area (Å²) in [6.07, 6.45) is 3.18. The minimum atomic E-state index is -0.539. The summed E-state index contributed by atoms with van der Waals surface area (Å²) in [7, 11) is 3.93. The Hall–Kier alpha value is -2.08. The van der Waals surface area contributed by atoms with Crippen molar-refractivity contribution >= 4 is 23.2 Å². The lowest BCUT2D eigenvalue weighted by Crippen LogP contribution is -2.59. The van der Waals surface area contributed by atoms with Crippen LogP contribution in [0.3, 0.4) is 0 Å². The molecule has 0 spiro atoms. The number of rotatable bonds is 3. The average molecular weight is 344 g/mol. The van der Waals surface area contributed by atoms with Crippen LogP contribution in [0, 0.1) is 0 Å². The van der Waals surface area contributed by atoms with Crippen molar-refractivity contribution in [2.45, 2.75) is 38.3 Å². The molecule has 2 heterocycles. The number of carbonyl (C=O) groups excluding carboxylic acids is 2. The molecule has 0 radical (unpaired) electrons. The summed E-state index contributed by atoms with van der Waals surface area (Å²) in [5, 5.41) is 2.75. The second kappa shape index (κ2) is 7.44. The van der Waals surface area contributed by atoms with E-state index >= 15 is 0 Å². The van der Waals surface area contributed by atoms with Crippen molar-refractivity contribution in [1.82, 2.24) is 9.80 Å². The molecule has 0 saturated carbocycles. The van der Waals surface area contributed by atoms with E-state index in [0.717, 1.165) is 31.6 Å². The second-order valence-electron chi connectivity index (χ2n) is 7.21. The molecule has 2 saturated heterocycles. The lowest BCUT2D eigenvalue weighted by molar-refractivity contribution is -0.147. The Labute approximate surface area is 149 Å². The molecule has 6 nitrogen and oxygen atoms in total. The fraction of sp³-hybridized carbons (Fsp3) is 0.579. The molecule has 2 aliphatic heterocycles. The van der Waals surface area contributed by atoms with Crippen LogP contribution in [0.1, 0.15) is 26.2 Å². The Kier molecular flexibility index (Phi) is 5.27. The zero-order valence-electron chi connectivity index (χ0n) is 15.4. The largest absolute Gasteiger partial charge is 0.378 e. The summed E-state index contributed by atoms with van der Waals surface area (Å²) in [5.74, 6) is -0.947. The highest BCUT2D eigenvalue weighted by atomic mass is 16.2. The van der Waals surface area contributed by atoms with Gasteiger partial charge in [-0.15, -0.1) is 0 Å². The normalized spacial score (nSPS) is 23.2. The first-order valence-corrected chi connectivity index (χ1v) is 9.13. The van der Waals surface area contributed by atoms with Gasteiger partial charge in [-0.1, -0.05) is 6.92 Å². The number of fused-ring (bicyclic) bond motifs is 1. The maximum atomic E-state index is 12.7. The topological polar surface area (TPSA) is 55.9 Å². The molecule has 3 rings (SSSR count). The molecule has 1 aromatic carbocycles. The number of piperazine rings is 1. The Balaban J connectivity index is 1.65. The highest BCUT2D eigenvalue weighted by Crippen LogP contribution is 2.26. The van der Waals surface area contributed by atoms with Crippen LogP contribution in [-0.2, 0) is 9.59 Å². The van der Waals surface area contributed by atoms with E-state index in [4.69, 9.17) is 0 Å². The summed E-state index contributed by atoms with van der Waals surface area (Å²) >= 11 is 0. The Morgan fingerprint density at radius 3 is 2.56 bits per heavy atom. The van der Waals surface area contributed by atoms with Gasteiger partial charge in [0.2, 0.25) is 0 Å². The molecule has 0 aliphatic carbocycles. The minimum Gasteiger partial charge on any atom is -0.378 e. The van der Waals surface area contributed by atoms with Crippen molar-refractivity contribution in [3.8, 4) is 0 Å². The fourth-order valence-corrected chi connectivity index (χ4v) is 3.84. The van der Waals surface area contributed by atoms with Crippen LogP contribution in [0.2, 0.25) is 0 Å². The average Bonchev–Trinajstić information content (AvgIpc) is 3.07. The molecular weight excluding hydrogens is 316 g/mol. The summed E-state index contributed by atoms with van der Waals surface area (Å²) < 4.78 is 0. The highest BCUT2D eigenvalue weighted by molar-refractivity contribution is 6.39. The van der Waals surface area contributed by atoms with E-state index < -0.39 is 11.8 Å². The van der Waals surface area contributed by atoms with E-state index in [9.17, 15) is 9.59 Å². The maximum absolute atomic E-state index is 12.7. The van der Waals surface area contributed by atoms with E-state index in [-0.39, 0.29) is 6.04 Å².